The molecule has 11 rings (SSSR count). The molecule has 6 saturated heterocycles. The first-order valence-electron chi connectivity index (χ1n) is 33.5. The first-order valence-corrected chi connectivity index (χ1v) is 33.5. The van der Waals surface area contributed by atoms with Gasteiger partial charge in [0.05, 0.1) is 56.8 Å². The minimum Gasteiger partial charge on any atom is -0.481 e. The van der Waals surface area contributed by atoms with Crippen LogP contribution in [-0.2, 0) is 61.6 Å². The summed E-state index contributed by atoms with van der Waals surface area (Å²) in [6.07, 6.45) is -43.6. The number of allylic oxidation sites excluding steroid dienone is 2. The van der Waals surface area contributed by atoms with Gasteiger partial charge in [0, 0.05) is 5.41 Å². The molecule has 10 fully saturated rings. The second-order valence-corrected chi connectivity index (χ2v) is 30.8. The van der Waals surface area contributed by atoms with E-state index in [2.05, 4.69) is 40.7 Å². The Hall–Kier alpha value is -1.91. The van der Waals surface area contributed by atoms with Gasteiger partial charge in [0.25, 0.3) is 0 Å². The summed E-state index contributed by atoms with van der Waals surface area (Å²) in [5.74, 6) is -0.996. The van der Waals surface area contributed by atoms with Crippen LogP contribution in [0, 0.1) is 50.2 Å². The van der Waals surface area contributed by atoms with Crippen LogP contribution in [0.4, 0.5) is 0 Å². The smallest absolute Gasteiger partial charge is 0.310 e. The standard InChI is InChI=1S/C64H104O30/c1-25-36(69)41(74)45(78)53(85-25)89-32-23-84-56(90-35-12-13-60(5)33(61(35,6)24-67)11-14-63(8)34(60)10-9-27-28-19-59(3,4)15-17-64(28,58(81)82)18-16-62(27,63)7)50(93-54-46(79)42(75)37(70)26(2)86-54)48(32)91-57-51(94-55-47(80)43(76)39(72)30(20-65)87-55)49(40(73)31(21-66)88-57)92-52-44(77)38(71)29(68)22-83-52/h9,25-26,28-57,65-80H,10-24H2,1-8H3,(H,81,82). The molecule has 0 amide bonds. The topological polar surface area (TPSA) is 472 Å². The van der Waals surface area contributed by atoms with Crippen molar-refractivity contribution >= 4 is 5.97 Å². The number of aliphatic carboxylic acids is 1. The van der Waals surface area contributed by atoms with E-state index in [1.807, 2.05) is 6.92 Å². The first kappa shape index (κ1) is 73.3. The summed E-state index contributed by atoms with van der Waals surface area (Å²) in [7, 11) is 0. The van der Waals surface area contributed by atoms with Crippen LogP contribution >= 0.6 is 0 Å². The van der Waals surface area contributed by atoms with E-state index >= 15 is 0 Å². The Balaban J connectivity index is 0.976. The van der Waals surface area contributed by atoms with Crippen LogP contribution in [0.2, 0.25) is 0 Å². The van der Waals surface area contributed by atoms with Gasteiger partial charge in [-0.2, -0.15) is 0 Å². The molecule has 30 heteroatoms. The van der Waals surface area contributed by atoms with Crippen molar-refractivity contribution in [2.45, 2.75) is 298 Å². The van der Waals surface area contributed by atoms with Crippen LogP contribution in [0.25, 0.3) is 0 Å². The Morgan fingerprint density at radius 1 is 0.500 bits per heavy atom. The van der Waals surface area contributed by atoms with Crippen LogP contribution in [0.1, 0.15) is 120 Å². The van der Waals surface area contributed by atoms with Crippen molar-refractivity contribution in [1.29, 1.82) is 0 Å². The SMILES string of the molecule is CC1OC(OC2COC(OC3CCC4(C)C(CCC5(C)C4CC=C4C6CC(C)(C)CCC6(C(=O)O)CCC45C)C3(C)CO)C(OC3OC(C)C(O)C(O)C3O)C2OC2OC(CO)C(O)C(OC3OCC(O)C(O)C3O)C2OC2OC(CO)C(O)C(O)C2O)C(O)C(O)C1O. The van der Waals surface area contributed by atoms with Gasteiger partial charge in [0.15, 0.2) is 37.7 Å². The van der Waals surface area contributed by atoms with E-state index in [0.717, 1.165) is 19.3 Å². The highest BCUT2D eigenvalue weighted by atomic mass is 16.8. The molecule has 0 spiro atoms. The molecule has 11 aliphatic rings. The molecule has 0 aromatic heterocycles. The van der Waals surface area contributed by atoms with Crippen molar-refractivity contribution in [3.8, 4) is 0 Å². The van der Waals surface area contributed by atoms with E-state index in [4.69, 9.17) is 56.8 Å². The summed E-state index contributed by atoms with van der Waals surface area (Å²) in [5, 5.41) is 189. The second kappa shape index (κ2) is 27.5. The van der Waals surface area contributed by atoms with Gasteiger partial charge in [-0.05, 0) is 117 Å². The minimum absolute atomic E-state index is 0.0433. The summed E-state index contributed by atoms with van der Waals surface area (Å²) in [5.41, 5.74) is -1.75. The number of carboxylic acid groups (broad SMARTS) is 1. The molecule has 37 atom stereocenters. The lowest BCUT2D eigenvalue weighted by Crippen LogP contribution is -2.69. The Kier molecular flexibility index (Phi) is 21.4. The zero-order valence-electron chi connectivity index (χ0n) is 54.6. The zero-order chi connectivity index (χ0) is 68.4. The van der Waals surface area contributed by atoms with Gasteiger partial charge < -0.3 is 144 Å². The lowest BCUT2D eigenvalue weighted by molar-refractivity contribution is -0.418. The maximum Gasteiger partial charge on any atom is 0.310 e. The maximum absolute atomic E-state index is 13.4. The molecule has 540 valence electrons. The fourth-order valence-corrected chi connectivity index (χ4v) is 18.9. The van der Waals surface area contributed by atoms with Crippen LogP contribution in [0.5, 0.6) is 0 Å². The number of aliphatic hydroxyl groups is 16. The lowest BCUT2D eigenvalue weighted by atomic mass is 9.33. The largest absolute Gasteiger partial charge is 0.481 e. The summed E-state index contributed by atoms with van der Waals surface area (Å²) in [6, 6.07) is 0. The first-order chi connectivity index (χ1) is 44.1. The number of aliphatic hydroxyl groups excluding tert-OH is 16. The van der Waals surface area contributed by atoms with Gasteiger partial charge >= 0.3 is 5.97 Å². The van der Waals surface area contributed by atoms with E-state index in [1.165, 1.54) is 19.4 Å². The summed E-state index contributed by atoms with van der Waals surface area (Å²) < 4.78 is 76.1. The average Bonchev–Trinajstić information content (AvgIpc) is 0.676. The fraction of sp³-hybridized carbons (Fsp3) is 0.953. The molecular weight excluding hydrogens is 1250 g/mol. The molecule has 0 bridgehead atoms. The van der Waals surface area contributed by atoms with Gasteiger partial charge in [-0.15, -0.1) is 0 Å². The second-order valence-electron chi connectivity index (χ2n) is 30.8. The Labute approximate surface area is 545 Å². The molecule has 0 aromatic rings. The summed E-state index contributed by atoms with van der Waals surface area (Å²) in [6.45, 7) is 12.6. The van der Waals surface area contributed by atoms with E-state index in [-0.39, 0.29) is 34.0 Å². The zero-order valence-corrected chi connectivity index (χ0v) is 54.6. The van der Waals surface area contributed by atoms with Gasteiger partial charge in [-0.25, -0.2) is 0 Å². The molecule has 4 saturated carbocycles. The molecule has 94 heavy (non-hydrogen) atoms. The number of carboxylic acids is 1. The van der Waals surface area contributed by atoms with Crippen molar-refractivity contribution in [3.63, 3.8) is 0 Å². The molecule has 0 aromatic carbocycles. The van der Waals surface area contributed by atoms with Gasteiger partial charge in [-0.1, -0.05) is 53.2 Å². The number of hydrogen-bond donors (Lipinski definition) is 17. The van der Waals surface area contributed by atoms with Crippen LogP contribution in [0.15, 0.2) is 11.6 Å². The third-order valence-corrected chi connectivity index (χ3v) is 25.0. The Morgan fingerprint density at radius 2 is 1.02 bits per heavy atom. The van der Waals surface area contributed by atoms with Crippen molar-refractivity contribution < 1.29 is 148 Å². The van der Waals surface area contributed by atoms with Crippen molar-refractivity contribution in [2.75, 3.05) is 33.0 Å². The maximum atomic E-state index is 13.4. The van der Waals surface area contributed by atoms with Crippen molar-refractivity contribution in [1.82, 2.24) is 0 Å². The Morgan fingerprint density at radius 3 is 1.63 bits per heavy atom. The molecular formula is C64H104O30. The molecule has 0 radical (unpaired) electrons. The molecule has 37 unspecified atom stereocenters. The highest BCUT2D eigenvalue weighted by Crippen LogP contribution is 2.76. The molecule has 6 heterocycles. The number of hydrogen-bond acceptors (Lipinski definition) is 29. The lowest BCUT2D eigenvalue weighted by Gasteiger charge is -2.71. The Bertz CT molecular complexity index is 2640. The molecule has 5 aliphatic carbocycles. The third kappa shape index (κ3) is 12.4. The summed E-state index contributed by atoms with van der Waals surface area (Å²) >= 11 is 0. The predicted octanol–water partition coefficient (Wildman–Crippen LogP) is -3.52. The quantitative estimate of drug-likeness (QED) is 0.0526. The van der Waals surface area contributed by atoms with E-state index in [9.17, 15) is 91.6 Å². The summed E-state index contributed by atoms with van der Waals surface area (Å²) in [4.78, 5) is 13.4. The normalized spacial score (nSPS) is 55.3. The van der Waals surface area contributed by atoms with E-state index < -0.39 is 233 Å². The van der Waals surface area contributed by atoms with Crippen molar-refractivity contribution in [2.24, 2.45) is 50.2 Å². The predicted molar refractivity (Wildman–Crippen MR) is 315 cm³/mol. The highest BCUT2D eigenvalue weighted by molar-refractivity contribution is 5.76. The molecule has 17 N–H and O–H groups in total. The van der Waals surface area contributed by atoms with Crippen molar-refractivity contribution in [3.05, 3.63) is 11.6 Å². The number of rotatable bonds is 16. The fourth-order valence-electron chi connectivity index (χ4n) is 18.9. The number of ether oxygens (including phenoxy) is 12. The molecule has 6 aliphatic heterocycles. The highest BCUT2D eigenvalue weighted by Gasteiger charge is 2.71. The minimum atomic E-state index is -2.16. The monoisotopic (exact) mass is 1350 g/mol. The van der Waals surface area contributed by atoms with Gasteiger partial charge in [0.1, 0.15) is 122 Å². The third-order valence-electron chi connectivity index (χ3n) is 25.0. The van der Waals surface area contributed by atoms with Gasteiger partial charge in [-0.3, -0.25) is 4.79 Å². The molecule has 30 nitrogen and oxygen atoms in total. The van der Waals surface area contributed by atoms with Crippen LogP contribution in [0.3, 0.4) is 0 Å². The van der Waals surface area contributed by atoms with E-state index in [1.54, 1.807) is 0 Å². The average molecular weight is 1350 g/mol. The van der Waals surface area contributed by atoms with Crippen LogP contribution in [-0.4, -0.2) is 304 Å². The van der Waals surface area contributed by atoms with Gasteiger partial charge in [0.2, 0.25) is 0 Å². The number of carbonyl (C=O) groups is 1. The van der Waals surface area contributed by atoms with Crippen LogP contribution < -0.4 is 0 Å². The van der Waals surface area contributed by atoms with E-state index in [0.29, 0.717) is 44.9 Å². The number of fused-ring (bicyclic) bond motifs is 7.